The molecule has 1 aromatic carbocycles. The van der Waals surface area contributed by atoms with Gasteiger partial charge < -0.3 is 10.2 Å². The summed E-state index contributed by atoms with van der Waals surface area (Å²) >= 11 is 0. The van der Waals surface area contributed by atoms with E-state index in [2.05, 4.69) is 47.2 Å². The fourth-order valence-corrected chi connectivity index (χ4v) is 2.89. The zero-order valence-corrected chi connectivity index (χ0v) is 13.0. The van der Waals surface area contributed by atoms with Gasteiger partial charge in [-0.3, -0.25) is 0 Å². The Morgan fingerprint density at radius 1 is 1.19 bits per heavy atom. The number of nitrogens with one attached hydrogen (secondary N) is 1. The highest BCUT2D eigenvalue weighted by Crippen LogP contribution is 2.31. The van der Waals surface area contributed by atoms with Crippen molar-refractivity contribution in [2.45, 2.75) is 33.1 Å². The van der Waals surface area contributed by atoms with Crippen molar-refractivity contribution < 1.29 is 0 Å². The first kappa shape index (κ1) is 14.1. The first-order chi connectivity index (χ1) is 10.3. The number of hydrogen-bond acceptors (Lipinski definition) is 4. The Labute approximate surface area is 126 Å². The molecular formula is C17H24N4. The third-order valence-electron chi connectivity index (χ3n) is 4.30. The molecule has 2 aromatic rings. The Morgan fingerprint density at radius 3 is 2.67 bits per heavy atom. The lowest BCUT2D eigenvalue weighted by molar-refractivity contribution is 0.318. The maximum absolute atomic E-state index is 4.78. The standard InChI is InChI=1S/C17H24N4/c1-3-18-17-19-15-11-6-5-10-14(15)16(20-17)21(4-2)12-13-8-7-9-13/h5-6,10-11,13H,3-4,7-9,12H2,1-2H3,(H,18,19,20). The Balaban J connectivity index is 2.00. The number of para-hydroxylation sites is 1. The molecule has 0 radical (unpaired) electrons. The molecule has 21 heavy (non-hydrogen) atoms. The van der Waals surface area contributed by atoms with Crippen molar-refractivity contribution in [2.75, 3.05) is 29.9 Å². The van der Waals surface area contributed by atoms with E-state index in [9.17, 15) is 0 Å². The van der Waals surface area contributed by atoms with Gasteiger partial charge in [-0.15, -0.1) is 0 Å². The summed E-state index contributed by atoms with van der Waals surface area (Å²) < 4.78 is 0. The average molecular weight is 284 g/mol. The quantitative estimate of drug-likeness (QED) is 0.878. The molecule has 3 rings (SSSR count). The van der Waals surface area contributed by atoms with Gasteiger partial charge in [-0.2, -0.15) is 4.98 Å². The lowest BCUT2D eigenvalue weighted by Gasteiger charge is -2.33. The van der Waals surface area contributed by atoms with Gasteiger partial charge in [-0.1, -0.05) is 18.6 Å². The van der Waals surface area contributed by atoms with Crippen LogP contribution >= 0.6 is 0 Å². The van der Waals surface area contributed by atoms with E-state index >= 15 is 0 Å². The zero-order valence-electron chi connectivity index (χ0n) is 13.0. The Bertz CT molecular complexity index is 607. The summed E-state index contributed by atoms with van der Waals surface area (Å²) in [5.41, 5.74) is 1.02. The van der Waals surface area contributed by atoms with Crippen LogP contribution < -0.4 is 10.2 Å². The lowest BCUT2D eigenvalue weighted by Crippen LogP contribution is -2.33. The molecule has 0 spiro atoms. The molecule has 0 bridgehead atoms. The van der Waals surface area contributed by atoms with Crippen molar-refractivity contribution in [1.29, 1.82) is 0 Å². The molecule has 4 heteroatoms. The topological polar surface area (TPSA) is 41.1 Å². The Hall–Kier alpha value is -1.84. The van der Waals surface area contributed by atoms with Gasteiger partial charge in [0.05, 0.1) is 5.52 Å². The maximum atomic E-state index is 4.78. The molecule has 0 saturated heterocycles. The predicted octanol–water partition coefficient (Wildman–Crippen LogP) is 3.69. The molecular weight excluding hydrogens is 260 g/mol. The van der Waals surface area contributed by atoms with Crippen LogP contribution in [0.3, 0.4) is 0 Å². The number of nitrogens with zero attached hydrogens (tertiary/aromatic N) is 3. The molecule has 1 saturated carbocycles. The third-order valence-corrected chi connectivity index (χ3v) is 4.30. The van der Waals surface area contributed by atoms with Gasteiger partial charge in [0, 0.05) is 25.0 Å². The largest absolute Gasteiger partial charge is 0.356 e. The van der Waals surface area contributed by atoms with Gasteiger partial charge in [-0.05, 0) is 44.7 Å². The number of aromatic nitrogens is 2. The second kappa shape index (κ2) is 6.29. The smallest absolute Gasteiger partial charge is 0.225 e. The SMILES string of the molecule is CCNc1nc(N(CC)CC2CCC2)c2ccccc2n1. The van der Waals surface area contributed by atoms with Crippen LogP contribution in [0.15, 0.2) is 24.3 Å². The predicted molar refractivity (Wildman–Crippen MR) is 88.9 cm³/mol. The van der Waals surface area contributed by atoms with Crippen LogP contribution in [0.4, 0.5) is 11.8 Å². The van der Waals surface area contributed by atoms with Crippen LogP contribution in [0.2, 0.25) is 0 Å². The highest BCUT2D eigenvalue weighted by molar-refractivity contribution is 5.90. The minimum absolute atomic E-state index is 0.734. The Kier molecular flexibility index (Phi) is 4.23. The molecule has 1 aliphatic carbocycles. The monoisotopic (exact) mass is 284 g/mol. The van der Waals surface area contributed by atoms with Crippen LogP contribution in [-0.2, 0) is 0 Å². The van der Waals surface area contributed by atoms with E-state index in [1.165, 1.54) is 19.3 Å². The number of fused-ring (bicyclic) bond motifs is 1. The van der Waals surface area contributed by atoms with Crippen LogP contribution in [0.25, 0.3) is 10.9 Å². The molecule has 1 aromatic heterocycles. The first-order valence-corrected chi connectivity index (χ1v) is 8.07. The second-order valence-electron chi connectivity index (χ2n) is 5.75. The fourth-order valence-electron chi connectivity index (χ4n) is 2.89. The Morgan fingerprint density at radius 2 is 2.00 bits per heavy atom. The van der Waals surface area contributed by atoms with Crippen molar-refractivity contribution >= 4 is 22.7 Å². The van der Waals surface area contributed by atoms with E-state index in [-0.39, 0.29) is 0 Å². The van der Waals surface area contributed by atoms with Crippen LogP contribution in [0.5, 0.6) is 0 Å². The molecule has 1 heterocycles. The summed E-state index contributed by atoms with van der Waals surface area (Å²) in [6.45, 7) is 7.23. The first-order valence-electron chi connectivity index (χ1n) is 8.07. The van der Waals surface area contributed by atoms with Crippen molar-refractivity contribution in [3.8, 4) is 0 Å². The molecule has 0 atom stereocenters. The number of hydrogen-bond donors (Lipinski definition) is 1. The molecule has 0 unspecified atom stereocenters. The van der Waals surface area contributed by atoms with Crippen LogP contribution in [-0.4, -0.2) is 29.6 Å². The molecule has 1 N–H and O–H groups in total. The van der Waals surface area contributed by atoms with Gasteiger partial charge in [-0.25, -0.2) is 4.98 Å². The van der Waals surface area contributed by atoms with Crippen molar-refractivity contribution in [1.82, 2.24) is 9.97 Å². The van der Waals surface area contributed by atoms with Crippen LogP contribution in [0.1, 0.15) is 33.1 Å². The van der Waals surface area contributed by atoms with Crippen molar-refractivity contribution in [3.63, 3.8) is 0 Å². The van der Waals surface area contributed by atoms with Gasteiger partial charge >= 0.3 is 0 Å². The maximum Gasteiger partial charge on any atom is 0.225 e. The van der Waals surface area contributed by atoms with Crippen molar-refractivity contribution in [3.05, 3.63) is 24.3 Å². The van der Waals surface area contributed by atoms with Gasteiger partial charge in [0.25, 0.3) is 0 Å². The number of anilines is 2. The van der Waals surface area contributed by atoms with E-state index < -0.39 is 0 Å². The highest BCUT2D eigenvalue weighted by atomic mass is 15.2. The second-order valence-corrected chi connectivity index (χ2v) is 5.75. The third kappa shape index (κ3) is 2.94. The fraction of sp³-hybridized carbons (Fsp3) is 0.529. The normalized spacial score (nSPS) is 15.0. The minimum Gasteiger partial charge on any atom is -0.356 e. The summed E-state index contributed by atoms with van der Waals surface area (Å²) in [6, 6.07) is 8.30. The van der Waals surface area contributed by atoms with Crippen LogP contribution in [0, 0.1) is 5.92 Å². The molecule has 0 amide bonds. The van der Waals surface area contributed by atoms with Gasteiger partial charge in [0.15, 0.2) is 0 Å². The molecule has 1 aliphatic rings. The van der Waals surface area contributed by atoms with E-state index in [1.807, 2.05) is 6.07 Å². The highest BCUT2D eigenvalue weighted by Gasteiger charge is 2.22. The van der Waals surface area contributed by atoms with E-state index in [1.54, 1.807) is 0 Å². The van der Waals surface area contributed by atoms with E-state index in [0.29, 0.717) is 0 Å². The van der Waals surface area contributed by atoms with E-state index in [0.717, 1.165) is 48.2 Å². The molecule has 1 fully saturated rings. The summed E-state index contributed by atoms with van der Waals surface area (Å²) in [6.07, 6.45) is 4.11. The van der Waals surface area contributed by atoms with Crippen molar-refractivity contribution in [2.24, 2.45) is 5.92 Å². The van der Waals surface area contributed by atoms with E-state index in [4.69, 9.17) is 4.98 Å². The number of benzene rings is 1. The summed E-state index contributed by atoms with van der Waals surface area (Å²) in [5, 5.41) is 4.40. The van der Waals surface area contributed by atoms with Gasteiger partial charge in [0.1, 0.15) is 5.82 Å². The summed E-state index contributed by atoms with van der Waals surface area (Å²) in [4.78, 5) is 11.8. The summed E-state index contributed by atoms with van der Waals surface area (Å²) in [7, 11) is 0. The number of rotatable bonds is 6. The molecule has 4 nitrogen and oxygen atoms in total. The van der Waals surface area contributed by atoms with Gasteiger partial charge in [0.2, 0.25) is 5.95 Å². The lowest BCUT2D eigenvalue weighted by atomic mass is 9.85. The molecule has 0 aliphatic heterocycles. The summed E-state index contributed by atoms with van der Waals surface area (Å²) in [5.74, 6) is 2.64. The zero-order chi connectivity index (χ0) is 14.7. The average Bonchev–Trinajstić information content (AvgIpc) is 2.46. The molecule has 112 valence electrons. The minimum atomic E-state index is 0.734.